The summed E-state index contributed by atoms with van der Waals surface area (Å²) in [5.41, 5.74) is 0. The van der Waals surface area contributed by atoms with E-state index in [4.69, 9.17) is 5.26 Å². The van der Waals surface area contributed by atoms with Gasteiger partial charge in [-0.05, 0) is 19.3 Å². The van der Waals surface area contributed by atoms with Gasteiger partial charge in [0.1, 0.15) is 5.78 Å². The molecule has 0 amide bonds. The number of Topliss-reactive ketones (excluding diaryl/α,β-unsaturated/α-hetero) is 1. The van der Waals surface area contributed by atoms with E-state index in [1.807, 2.05) is 6.92 Å². The monoisotopic (exact) mass is 137 g/mol. The van der Waals surface area contributed by atoms with Gasteiger partial charge < -0.3 is 0 Å². The van der Waals surface area contributed by atoms with Gasteiger partial charge in [0.25, 0.3) is 0 Å². The van der Waals surface area contributed by atoms with Crippen molar-refractivity contribution in [3.8, 4) is 6.07 Å². The van der Waals surface area contributed by atoms with Crippen LogP contribution in [0, 0.1) is 23.2 Å². The van der Waals surface area contributed by atoms with Crippen molar-refractivity contribution < 1.29 is 4.79 Å². The Morgan fingerprint density at radius 2 is 2.50 bits per heavy atom. The molecule has 10 heavy (non-hydrogen) atoms. The van der Waals surface area contributed by atoms with E-state index in [9.17, 15) is 4.79 Å². The van der Waals surface area contributed by atoms with E-state index in [0.29, 0.717) is 24.5 Å². The molecule has 54 valence electrons. The summed E-state index contributed by atoms with van der Waals surface area (Å²) < 4.78 is 0. The third-order valence-corrected chi connectivity index (χ3v) is 2.19. The molecule has 1 rings (SSSR count). The van der Waals surface area contributed by atoms with Gasteiger partial charge in [-0.1, -0.05) is 0 Å². The van der Waals surface area contributed by atoms with Crippen LogP contribution in [-0.4, -0.2) is 5.78 Å². The van der Waals surface area contributed by atoms with E-state index in [1.165, 1.54) is 0 Å². The fourth-order valence-corrected chi connectivity index (χ4v) is 1.38. The summed E-state index contributed by atoms with van der Waals surface area (Å²) >= 11 is 0. The Morgan fingerprint density at radius 1 is 1.80 bits per heavy atom. The van der Waals surface area contributed by atoms with Gasteiger partial charge >= 0.3 is 0 Å². The van der Waals surface area contributed by atoms with E-state index < -0.39 is 0 Å². The van der Waals surface area contributed by atoms with Crippen LogP contribution in [0.3, 0.4) is 0 Å². The van der Waals surface area contributed by atoms with Gasteiger partial charge in [0, 0.05) is 18.8 Å². The molecule has 0 saturated heterocycles. The summed E-state index contributed by atoms with van der Waals surface area (Å²) in [5.74, 6) is 0.732. The first-order valence-electron chi connectivity index (χ1n) is 3.65. The maximum Gasteiger partial charge on any atom is 0.133 e. The SMILES string of the molecule is CC(C#N)C1CCC(=O)C1. The molecule has 0 aromatic rings. The standard InChI is InChI=1S/C8H11NO/c1-6(5-9)7-2-3-8(10)4-7/h6-7H,2-4H2,1H3. The van der Waals surface area contributed by atoms with Gasteiger partial charge in [-0.2, -0.15) is 5.26 Å². The van der Waals surface area contributed by atoms with Crippen molar-refractivity contribution in [2.24, 2.45) is 11.8 Å². The van der Waals surface area contributed by atoms with Crippen molar-refractivity contribution in [1.29, 1.82) is 5.26 Å². The molecule has 0 spiro atoms. The van der Waals surface area contributed by atoms with Crippen LogP contribution < -0.4 is 0 Å². The van der Waals surface area contributed by atoms with Crippen LogP contribution in [0.25, 0.3) is 0 Å². The highest BCUT2D eigenvalue weighted by Gasteiger charge is 2.26. The van der Waals surface area contributed by atoms with Crippen LogP contribution in [-0.2, 0) is 4.79 Å². The van der Waals surface area contributed by atoms with Crippen molar-refractivity contribution in [2.75, 3.05) is 0 Å². The summed E-state index contributed by atoms with van der Waals surface area (Å²) in [7, 11) is 0. The highest BCUT2D eigenvalue weighted by atomic mass is 16.1. The number of nitrogens with zero attached hydrogens (tertiary/aromatic N) is 1. The van der Waals surface area contributed by atoms with Crippen LogP contribution in [0.4, 0.5) is 0 Å². The second-order valence-electron chi connectivity index (χ2n) is 2.96. The smallest absolute Gasteiger partial charge is 0.133 e. The Balaban J connectivity index is 2.46. The molecular formula is C8H11NO. The van der Waals surface area contributed by atoms with Gasteiger partial charge in [0.05, 0.1) is 6.07 Å². The molecule has 0 radical (unpaired) electrons. The lowest BCUT2D eigenvalue weighted by Gasteiger charge is -2.07. The maximum atomic E-state index is 10.8. The van der Waals surface area contributed by atoms with Crippen LogP contribution in [0.5, 0.6) is 0 Å². The molecule has 1 aliphatic carbocycles. The summed E-state index contributed by atoms with van der Waals surface area (Å²) in [5, 5.41) is 8.52. The Morgan fingerprint density at radius 3 is 2.90 bits per heavy atom. The average Bonchev–Trinajstić information content (AvgIpc) is 2.34. The van der Waals surface area contributed by atoms with Crippen molar-refractivity contribution in [3.05, 3.63) is 0 Å². The fraction of sp³-hybridized carbons (Fsp3) is 0.750. The molecule has 1 aliphatic rings. The van der Waals surface area contributed by atoms with E-state index in [2.05, 4.69) is 6.07 Å². The number of hydrogen-bond donors (Lipinski definition) is 0. The van der Waals surface area contributed by atoms with E-state index in [-0.39, 0.29) is 5.92 Å². The lowest BCUT2D eigenvalue weighted by Crippen LogP contribution is -2.05. The minimum Gasteiger partial charge on any atom is -0.300 e. The van der Waals surface area contributed by atoms with E-state index >= 15 is 0 Å². The first kappa shape index (κ1) is 7.27. The summed E-state index contributed by atoms with van der Waals surface area (Å²) in [6, 6.07) is 2.18. The molecule has 0 aliphatic heterocycles. The minimum atomic E-state index is 0.0615. The minimum absolute atomic E-state index is 0.0615. The second kappa shape index (κ2) is 2.83. The lowest BCUT2D eigenvalue weighted by atomic mass is 9.94. The zero-order valence-electron chi connectivity index (χ0n) is 6.13. The summed E-state index contributed by atoms with van der Waals surface area (Å²) in [6.45, 7) is 1.89. The number of hydrogen-bond acceptors (Lipinski definition) is 2. The number of carbonyl (C=O) groups excluding carboxylic acids is 1. The fourth-order valence-electron chi connectivity index (χ4n) is 1.38. The molecule has 0 aromatic heterocycles. The van der Waals surface area contributed by atoms with Crippen LogP contribution in [0.2, 0.25) is 0 Å². The number of rotatable bonds is 1. The molecule has 0 heterocycles. The Labute approximate surface area is 60.8 Å². The molecule has 2 heteroatoms. The van der Waals surface area contributed by atoms with Crippen molar-refractivity contribution in [1.82, 2.24) is 0 Å². The third-order valence-electron chi connectivity index (χ3n) is 2.19. The van der Waals surface area contributed by atoms with Crippen molar-refractivity contribution in [2.45, 2.75) is 26.2 Å². The topological polar surface area (TPSA) is 40.9 Å². The number of ketones is 1. The molecular weight excluding hydrogens is 126 g/mol. The predicted molar refractivity (Wildman–Crippen MR) is 37.1 cm³/mol. The molecule has 0 aromatic carbocycles. The molecule has 0 N–H and O–H groups in total. The van der Waals surface area contributed by atoms with Gasteiger partial charge in [0.2, 0.25) is 0 Å². The molecule has 1 saturated carbocycles. The number of nitriles is 1. The molecule has 2 nitrogen and oxygen atoms in total. The summed E-state index contributed by atoms with van der Waals surface area (Å²) in [6.07, 6.45) is 2.25. The second-order valence-corrected chi connectivity index (χ2v) is 2.96. The van der Waals surface area contributed by atoms with Gasteiger partial charge in [-0.3, -0.25) is 4.79 Å². The first-order valence-corrected chi connectivity index (χ1v) is 3.65. The molecule has 2 atom stereocenters. The van der Waals surface area contributed by atoms with Crippen LogP contribution in [0.1, 0.15) is 26.2 Å². The van der Waals surface area contributed by atoms with E-state index in [1.54, 1.807) is 0 Å². The Kier molecular flexibility index (Phi) is 2.06. The maximum absolute atomic E-state index is 10.8. The highest BCUT2D eigenvalue weighted by Crippen LogP contribution is 2.28. The van der Waals surface area contributed by atoms with Crippen molar-refractivity contribution in [3.63, 3.8) is 0 Å². The molecule has 0 bridgehead atoms. The number of carbonyl (C=O) groups is 1. The largest absolute Gasteiger partial charge is 0.300 e. The zero-order chi connectivity index (χ0) is 7.56. The Bertz CT molecular complexity index is 180. The van der Waals surface area contributed by atoms with Crippen molar-refractivity contribution >= 4 is 5.78 Å². The van der Waals surface area contributed by atoms with Gasteiger partial charge in [0.15, 0.2) is 0 Å². The quantitative estimate of drug-likeness (QED) is 0.549. The lowest BCUT2D eigenvalue weighted by molar-refractivity contribution is -0.117. The zero-order valence-corrected chi connectivity index (χ0v) is 6.13. The highest BCUT2D eigenvalue weighted by molar-refractivity contribution is 5.80. The van der Waals surface area contributed by atoms with E-state index in [0.717, 1.165) is 6.42 Å². The Hall–Kier alpha value is -0.840. The van der Waals surface area contributed by atoms with Crippen LogP contribution in [0.15, 0.2) is 0 Å². The van der Waals surface area contributed by atoms with Crippen LogP contribution >= 0.6 is 0 Å². The van der Waals surface area contributed by atoms with Gasteiger partial charge in [-0.15, -0.1) is 0 Å². The normalized spacial score (nSPS) is 28.0. The third kappa shape index (κ3) is 1.36. The average molecular weight is 137 g/mol. The molecule has 1 fully saturated rings. The summed E-state index contributed by atoms with van der Waals surface area (Å²) in [4.78, 5) is 10.8. The first-order chi connectivity index (χ1) is 4.74. The predicted octanol–water partition coefficient (Wildman–Crippen LogP) is 1.52. The molecule has 2 unspecified atom stereocenters. The van der Waals surface area contributed by atoms with Gasteiger partial charge in [-0.25, -0.2) is 0 Å².